The molecule has 0 bridgehead atoms. The van der Waals surface area contributed by atoms with E-state index in [1.165, 1.54) is 32.1 Å². The van der Waals surface area contributed by atoms with Crippen molar-refractivity contribution in [3.05, 3.63) is 0 Å². The molecule has 0 N–H and O–H groups in total. The zero-order valence-corrected chi connectivity index (χ0v) is 13.0. The van der Waals surface area contributed by atoms with Gasteiger partial charge in [-0.25, -0.2) is 0 Å². The van der Waals surface area contributed by atoms with E-state index < -0.39 is 0 Å². The van der Waals surface area contributed by atoms with E-state index in [0.29, 0.717) is 23.2 Å². The highest BCUT2D eigenvalue weighted by Crippen LogP contribution is 2.62. The van der Waals surface area contributed by atoms with E-state index in [0.717, 1.165) is 37.7 Å². The molecule has 0 unspecified atom stereocenters. The topological polar surface area (TPSA) is 26.3 Å². The van der Waals surface area contributed by atoms with Crippen molar-refractivity contribution in [1.29, 1.82) is 0 Å². The lowest BCUT2D eigenvalue weighted by atomic mass is 9.46. The Labute approximate surface area is 122 Å². The van der Waals surface area contributed by atoms with E-state index in [1.807, 2.05) is 0 Å². The third-order valence-electron chi connectivity index (χ3n) is 7.55. The molecule has 4 aliphatic rings. The van der Waals surface area contributed by atoms with Gasteiger partial charge in [0.25, 0.3) is 0 Å². The van der Waals surface area contributed by atoms with Gasteiger partial charge in [-0.15, -0.1) is 0 Å². The third-order valence-corrected chi connectivity index (χ3v) is 7.55. The van der Waals surface area contributed by atoms with Gasteiger partial charge in [-0.3, -0.25) is 4.79 Å². The Morgan fingerprint density at radius 3 is 2.80 bits per heavy atom. The van der Waals surface area contributed by atoms with E-state index in [2.05, 4.69) is 13.8 Å². The van der Waals surface area contributed by atoms with Crippen molar-refractivity contribution in [2.45, 2.75) is 71.3 Å². The Morgan fingerprint density at radius 1 is 1.10 bits per heavy atom. The molecule has 0 aromatic rings. The van der Waals surface area contributed by atoms with Gasteiger partial charge in [0.2, 0.25) is 0 Å². The summed E-state index contributed by atoms with van der Waals surface area (Å²) in [6, 6.07) is 0. The summed E-state index contributed by atoms with van der Waals surface area (Å²) in [5.74, 6) is 2.39. The molecule has 0 amide bonds. The second-order valence-corrected chi connectivity index (χ2v) is 8.46. The van der Waals surface area contributed by atoms with Crippen LogP contribution in [-0.4, -0.2) is 18.5 Å². The molecule has 6 atom stereocenters. The molecule has 4 rings (SSSR count). The van der Waals surface area contributed by atoms with Crippen molar-refractivity contribution < 1.29 is 9.53 Å². The molecule has 2 heteroatoms. The van der Waals surface area contributed by atoms with Gasteiger partial charge < -0.3 is 4.74 Å². The number of hydrogen-bond acceptors (Lipinski definition) is 2. The SMILES string of the molecule is C[C@@]12CCO[C@@H]1[C@H]1CC[C@@H]3C(=O)CCC[C@]3(C)[C@H]1CC2. The fourth-order valence-corrected chi connectivity index (χ4v) is 6.41. The lowest BCUT2D eigenvalue weighted by Gasteiger charge is -2.58. The molecule has 4 fully saturated rings. The zero-order valence-electron chi connectivity index (χ0n) is 13.0. The molecule has 112 valence electrons. The van der Waals surface area contributed by atoms with E-state index in [4.69, 9.17) is 4.74 Å². The minimum absolute atomic E-state index is 0.283. The number of rotatable bonds is 0. The number of Topliss-reactive ketones (excluding diaryl/α,β-unsaturated/α-hetero) is 1. The molecular formula is C18H28O2. The monoisotopic (exact) mass is 276 g/mol. The smallest absolute Gasteiger partial charge is 0.136 e. The second kappa shape index (κ2) is 4.32. The predicted molar refractivity (Wildman–Crippen MR) is 78.4 cm³/mol. The van der Waals surface area contributed by atoms with Crippen LogP contribution in [-0.2, 0) is 9.53 Å². The lowest BCUT2D eigenvalue weighted by molar-refractivity contribution is -0.154. The molecule has 2 nitrogen and oxygen atoms in total. The van der Waals surface area contributed by atoms with Crippen molar-refractivity contribution >= 4 is 5.78 Å². The Balaban J connectivity index is 1.67. The van der Waals surface area contributed by atoms with Gasteiger partial charge in [0.1, 0.15) is 5.78 Å². The van der Waals surface area contributed by atoms with Crippen LogP contribution in [0.1, 0.15) is 65.2 Å². The highest BCUT2D eigenvalue weighted by molar-refractivity contribution is 5.82. The van der Waals surface area contributed by atoms with Crippen LogP contribution in [0.2, 0.25) is 0 Å². The maximum atomic E-state index is 12.4. The Bertz CT molecular complexity index is 431. The summed E-state index contributed by atoms with van der Waals surface area (Å²) in [6.45, 7) is 5.84. The number of fused-ring (bicyclic) bond motifs is 5. The Kier molecular flexibility index (Phi) is 2.87. The van der Waals surface area contributed by atoms with Gasteiger partial charge in [0.15, 0.2) is 0 Å². The molecule has 1 aliphatic heterocycles. The average Bonchev–Trinajstić information content (AvgIpc) is 2.80. The summed E-state index contributed by atoms with van der Waals surface area (Å²) in [4.78, 5) is 12.4. The number of hydrogen-bond donors (Lipinski definition) is 0. The number of ether oxygens (including phenoxy) is 1. The number of ketones is 1. The van der Waals surface area contributed by atoms with Crippen molar-refractivity contribution in [1.82, 2.24) is 0 Å². The van der Waals surface area contributed by atoms with E-state index in [9.17, 15) is 4.79 Å². The fourth-order valence-electron chi connectivity index (χ4n) is 6.41. The molecule has 0 radical (unpaired) electrons. The first kappa shape index (κ1) is 13.3. The van der Waals surface area contributed by atoms with Crippen LogP contribution in [0.15, 0.2) is 0 Å². The van der Waals surface area contributed by atoms with Crippen molar-refractivity contribution in [3.63, 3.8) is 0 Å². The van der Waals surface area contributed by atoms with Crippen molar-refractivity contribution in [2.24, 2.45) is 28.6 Å². The van der Waals surface area contributed by atoms with E-state index >= 15 is 0 Å². The molecule has 1 saturated heterocycles. The van der Waals surface area contributed by atoms with Gasteiger partial charge in [0.05, 0.1) is 6.10 Å². The molecule has 3 saturated carbocycles. The van der Waals surface area contributed by atoms with Gasteiger partial charge in [0, 0.05) is 18.9 Å². The summed E-state index contributed by atoms with van der Waals surface area (Å²) in [5.41, 5.74) is 0.717. The van der Waals surface area contributed by atoms with Crippen molar-refractivity contribution in [3.8, 4) is 0 Å². The first-order valence-electron chi connectivity index (χ1n) is 8.69. The number of carbonyl (C=O) groups excluding carboxylic acids is 1. The van der Waals surface area contributed by atoms with Crippen LogP contribution < -0.4 is 0 Å². The summed E-state index contributed by atoms with van der Waals surface area (Å²) in [6.07, 6.45) is 9.98. The molecule has 0 aromatic carbocycles. The Hall–Kier alpha value is -0.370. The molecule has 3 aliphatic carbocycles. The number of carbonyl (C=O) groups is 1. The molecular weight excluding hydrogens is 248 g/mol. The van der Waals surface area contributed by atoms with Crippen molar-refractivity contribution in [2.75, 3.05) is 6.61 Å². The minimum Gasteiger partial charge on any atom is -0.377 e. The largest absolute Gasteiger partial charge is 0.377 e. The van der Waals surface area contributed by atoms with Gasteiger partial charge in [-0.2, -0.15) is 0 Å². The second-order valence-electron chi connectivity index (χ2n) is 8.46. The van der Waals surface area contributed by atoms with Crippen LogP contribution in [0, 0.1) is 28.6 Å². The van der Waals surface area contributed by atoms with Gasteiger partial charge in [-0.1, -0.05) is 13.8 Å². The molecule has 0 spiro atoms. The maximum absolute atomic E-state index is 12.4. The standard InChI is InChI=1S/C18H28O2/c1-17-9-7-13-12(16(17)20-11-10-17)5-6-14-15(19)4-3-8-18(13,14)2/h12-14,16H,3-11H2,1-2H3/t12-,13-,14+,16+,17+,18+/m0/s1. The zero-order chi connectivity index (χ0) is 14.0. The normalized spacial score (nSPS) is 55.0. The highest BCUT2D eigenvalue weighted by atomic mass is 16.5. The predicted octanol–water partition coefficient (Wildman–Crippen LogP) is 3.98. The van der Waals surface area contributed by atoms with E-state index in [-0.39, 0.29) is 5.41 Å². The third kappa shape index (κ3) is 1.63. The summed E-state index contributed by atoms with van der Waals surface area (Å²) in [5, 5.41) is 0. The van der Waals surface area contributed by atoms with Gasteiger partial charge >= 0.3 is 0 Å². The minimum atomic E-state index is 0.283. The fraction of sp³-hybridized carbons (Fsp3) is 0.944. The summed E-state index contributed by atoms with van der Waals surface area (Å²) in [7, 11) is 0. The summed E-state index contributed by atoms with van der Waals surface area (Å²) >= 11 is 0. The first-order chi connectivity index (χ1) is 9.55. The first-order valence-corrected chi connectivity index (χ1v) is 8.69. The van der Waals surface area contributed by atoms with Crippen LogP contribution in [0.4, 0.5) is 0 Å². The van der Waals surface area contributed by atoms with E-state index in [1.54, 1.807) is 0 Å². The highest BCUT2D eigenvalue weighted by Gasteiger charge is 2.59. The lowest BCUT2D eigenvalue weighted by Crippen LogP contribution is -2.56. The molecule has 1 heterocycles. The van der Waals surface area contributed by atoms with Crippen LogP contribution in [0.3, 0.4) is 0 Å². The maximum Gasteiger partial charge on any atom is 0.136 e. The molecule has 0 aromatic heterocycles. The van der Waals surface area contributed by atoms with Gasteiger partial charge in [-0.05, 0) is 67.6 Å². The van der Waals surface area contributed by atoms with Crippen LogP contribution >= 0.6 is 0 Å². The quantitative estimate of drug-likeness (QED) is 0.669. The Morgan fingerprint density at radius 2 is 1.95 bits per heavy atom. The summed E-state index contributed by atoms with van der Waals surface area (Å²) < 4.78 is 6.20. The average molecular weight is 276 g/mol. The van der Waals surface area contributed by atoms with Crippen LogP contribution in [0.25, 0.3) is 0 Å². The molecule has 20 heavy (non-hydrogen) atoms. The van der Waals surface area contributed by atoms with Crippen LogP contribution in [0.5, 0.6) is 0 Å².